The molecule has 1 aromatic carbocycles. The predicted molar refractivity (Wildman–Crippen MR) is 58.1 cm³/mol. The molecule has 2 N–H and O–H groups in total. The Hall–Kier alpha value is -1.42. The van der Waals surface area contributed by atoms with E-state index >= 15 is 0 Å². The van der Waals surface area contributed by atoms with E-state index in [1.165, 1.54) is 12.1 Å². The molecule has 0 saturated heterocycles. The van der Waals surface area contributed by atoms with Crippen molar-refractivity contribution in [2.45, 2.75) is 19.9 Å². The fraction of sp³-hybridized carbons (Fsp3) is 0.364. The first-order valence-electron chi connectivity index (χ1n) is 5.05. The standard InChI is InChI=1S/C11H14FN3/c1-8-10-4-3-9(12)7-11(10)15(14-8)6-2-5-13/h3-4,7H,2,5-6,13H2,1H3. The van der Waals surface area contributed by atoms with Crippen molar-refractivity contribution in [3.05, 3.63) is 29.7 Å². The van der Waals surface area contributed by atoms with Crippen LogP contribution in [0.3, 0.4) is 0 Å². The Bertz CT molecular complexity index is 476. The van der Waals surface area contributed by atoms with E-state index in [1.54, 1.807) is 6.07 Å². The first kappa shape index (κ1) is 10.1. The second kappa shape index (κ2) is 3.98. The lowest BCUT2D eigenvalue weighted by molar-refractivity contribution is 0.593. The summed E-state index contributed by atoms with van der Waals surface area (Å²) in [7, 11) is 0. The summed E-state index contributed by atoms with van der Waals surface area (Å²) in [5.41, 5.74) is 7.22. The second-order valence-corrected chi connectivity index (χ2v) is 3.61. The minimum atomic E-state index is -0.226. The van der Waals surface area contributed by atoms with Gasteiger partial charge < -0.3 is 5.73 Å². The van der Waals surface area contributed by atoms with Gasteiger partial charge in [0.25, 0.3) is 0 Å². The molecule has 0 amide bonds. The highest BCUT2D eigenvalue weighted by Crippen LogP contribution is 2.19. The molecule has 0 bridgehead atoms. The maximum absolute atomic E-state index is 13.1. The van der Waals surface area contributed by atoms with Crippen LogP contribution in [0.15, 0.2) is 18.2 Å². The molecule has 1 aromatic heterocycles. The summed E-state index contributed by atoms with van der Waals surface area (Å²) in [5.74, 6) is -0.226. The van der Waals surface area contributed by atoms with Gasteiger partial charge in [0, 0.05) is 11.9 Å². The average molecular weight is 207 g/mol. The van der Waals surface area contributed by atoms with Crippen molar-refractivity contribution in [3.8, 4) is 0 Å². The van der Waals surface area contributed by atoms with Crippen LogP contribution >= 0.6 is 0 Å². The van der Waals surface area contributed by atoms with Crippen LogP contribution in [0.1, 0.15) is 12.1 Å². The largest absolute Gasteiger partial charge is 0.330 e. The Morgan fingerprint density at radius 3 is 3.00 bits per heavy atom. The monoisotopic (exact) mass is 207 g/mol. The third kappa shape index (κ3) is 1.85. The quantitative estimate of drug-likeness (QED) is 0.834. The van der Waals surface area contributed by atoms with Gasteiger partial charge in [0.15, 0.2) is 0 Å². The molecule has 0 spiro atoms. The van der Waals surface area contributed by atoms with E-state index in [2.05, 4.69) is 5.10 Å². The van der Waals surface area contributed by atoms with Crippen LogP contribution in [0.25, 0.3) is 10.9 Å². The molecular weight excluding hydrogens is 193 g/mol. The van der Waals surface area contributed by atoms with E-state index in [4.69, 9.17) is 5.73 Å². The van der Waals surface area contributed by atoms with Crippen LogP contribution in [0.2, 0.25) is 0 Å². The molecule has 2 rings (SSSR count). The molecule has 80 valence electrons. The molecule has 4 heteroatoms. The Balaban J connectivity index is 2.49. The fourth-order valence-corrected chi connectivity index (χ4v) is 1.72. The smallest absolute Gasteiger partial charge is 0.125 e. The third-order valence-electron chi connectivity index (χ3n) is 2.47. The summed E-state index contributed by atoms with van der Waals surface area (Å²) < 4.78 is 14.9. The van der Waals surface area contributed by atoms with Crippen LogP contribution in [-0.2, 0) is 6.54 Å². The zero-order valence-electron chi connectivity index (χ0n) is 8.70. The first-order chi connectivity index (χ1) is 7.22. The fourth-order valence-electron chi connectivity index (χ4n) is 1.72. The molecule has 0 saturated carbocycles. The Morgan fingerprint density at radius 1 is 1.47 bits per heavy atom. The van der Waals surface area contributed by atoms with Crippen LogP contribution in [-0.4, -0.2) is 16.3 Å². The van der Waals surface area contributed by atoms with Gasteiger partial charge in [-0.15, -0.1) is 0 Å². The molecule has 1 heterocycles. The number of hydrogen-bond acceptors (Lipinski definition) is 2. The van der Waals surface area contributed by atoms with Gasteiger partial charge >= 0.3 is 0 Å². The van der Waals surface area contributed by atoms with Crippen molar-refractivity contribution in [1.82, 2.24) is 9.78 Å². The SMILES string of the molecule is Cc1nn(CCCN)c2cc(F)ccc12. The lowest BCUT2D eigenvalue weighted by Gasteiger charge is -2.01. The Kier molecular flexibility index (Phi) is 2.68. The minimum Gasteiger partial charge on any atom is -0.330 e. The van der Waals surface area contributed by atoms with Gasteiger partial charge in [-0.1, -0.05) is 0 Å². The van der Waals surface area contributed by atoms with Crippen LogP contribution in [0.5, 0.6) is 0 Å². The molecule has 0 aliphatic heterocycles. The van der Waals surface area contributed by atoms with Gasteiger partial charge in [-0.25, -0.2) is 4.39 Å². The van der Waals surface area contributed by atoms with Crippen LogP contribution in [0.4, 0.5) is 4.39 Å². The lowest BCUT2D eigenvalue weighted by Crippen LogP contribution is -2.06. The van der Waals surface area contributed by atoms with Crippen molar-refractivity contribution in [2.75, 3.05) is 6.54 Å². The van der Waals surface area contributed by atoms with E-state index in [0.717, 1.165) is 29.6 Å². The Morgan fingerprint density at radius 2 is 2.27 bits per heavy atom. The molecule has 0 fully saturated rings. The molecular formula is C11H14FN3. The summed E-state index contributed by atoms with van der Waals surface area (Å²) in [6.45, 7) is 3.29. The number of nitrogens with two attached hydrogens (primary N) is 1. The van der Waals surface area contributed by atoms with Crippen molar-refractivity contribution < 1.29 is 4.39 Å². The molecule has 0 atom stereocenters. The number of hydrogen-bond donors (Lipinski definition) is 1. The lowest BCUT2D eigenvalue weighted by atomic mass is 10.2. The summed E-state index contributed by atoms with van der Waals surface area (Å²) in [6, 6.07) is 4.75. The maximum atomic E-state index is 13.1. The molecule has 0 aliphatic rings. The zero-order valence-corrected chi connectivity index (χ0v) is 8.70. The zero-order chi connectivity index (χ0) is 10.8. The maximum Gasteiger partial charge on any atom is 0.125 e. The predicted octanol–water partition coefficient (Wildman–Crippen LogP) is 1.83. The number of aromatic nitrogens is 2. The number of benzene rings is 1. The third-order valence-corrected chi connectivity index (χ3v) is 2.47. The molecule has 0 radical (unpaired) electrons. The van der Waals surface area contributed by atoms with Gasteiger partial charge in [0.05, 0.1) is 11.2 Å². The summed E-state index contributed by atoms with van der Waals surface area (Å²) in [5, 5.41) is 5.37. The highest BCUT2D eigenvalue weighted by Gasteiger charge is 2.07. The van der Waals surface area contributed by atoms with Crippen molar-refractivity contribution in [1.29, 1.82) is 0 Å². The van der Waals surface area contributed by atoms with Crippen molar-refractivity contribution >= 4 is 10.9 Å². The topological polar surface area (TPSA) is 43.8 Å². The van der Waals surface area contributed by atoms with Crippen molar-refractivity contribution in [2.24, 2.45) is 5.73 Å². The second-order valence-electron chi connectivity index (χ2n) is 3.61. The number of aryl methyl sites for hydroxylation is 2. The highest BCUT2D eigenvalue weighted by atomic mass is 19.1. The molecule has 0 aliphatic carbocycles. The molecule has 3 nitrogen and oxygen atoms in total. The van der Waals surface area contributed by atoms with E-state index in [9.17, 15) is 4.39 Å². The Labute approximate surface area is 87.7 Å². The van der Waals surface area contributed by atoms with Gasteiger partial charge in [-0.2, -0.15) is 5.10 Å². The van der Waals surface area contributed by atoms with E-state index in [-0.39, 0.29) is 5.82 Å². The van der Waals surface area contributed by atoms with E-state index in [1.807, 2.05) is 11.6 Å². The van der Waals surface area contributed by atoms with Gasteiger partial charge in [0.1, 0.15) is 5.82 Å². The molecule has 2 aromatic rings. The minimum absolute atomic E-state index is 0.226. The average Bonchev–Trinajstić information content (AvgIpc) is 2.52. The summed E-state index contributed by atoms with van der Waals surface area (Å²) >= 11 is 0. The molecule has 0 unspecified atom stereocenters. The number of halogens is 1. The summed E-state index contributed by atoms with van der Waals surface area (Å²) in [6.07, 6.45) is 0.854. The number of fused-ring (bicyclic) bond motifs is 1. The number of rotatable bonds is 3. The van der Waals surface area contributed by atoms with Crippen molar-refractivity contribution in [3.63, 3.8) is 0 Å². The van der Waals surface area contributed by atoms with Gasteiger partial charge in [-0.3, -0.25) is 4.68 Å². The van der Waals surface area contributed by atoms with Gasteiger partial charge in [-0.05, 0) is 38.1 Å². The van der Waals surface area contributed by atoms with Crippen LogP contribution < -0.4 is 5.73 Å². The summed E-state index contributed by atoms with van der Waals surface area (Å²) in [4.78, 5) is 0. The first-order valence-corrected chi connectivity index (χ1v) is 5.05. The van der Waals surface area contributed by atoms with E-state index < -0.39 is 0 Å². The highest BCUT2D eigenvalue weighted by molar-refractivity contribution is 5.81. The van der Waals surface area contributed by atoms with Gasteiger partial charge in [0.2, 0.25) is 0 Å². The molecule has 15 heavy (non-hydrogen) atoms. The normalized spacial score (nSPS) is 11.1. The number of nitrogens with zero attached hydrogens (tertiary/aromatic N) is 2. The van der Waals surface area contributed by atoms with E-state index in [0.29, 0.717) is 6.54 Å². The van der Waals surface area contributed by atoms with Crippen LogP contribution in [0, 0.1) is 12.7 Å².